The molecule has 0 saturated carbocycles. The molecule has 4 aliphatic heterocycles. The normalized spacial score (nSPS) is 13.8. The standard InChI is InChI=1S/C17H16F3N3O.C11H11F3N2O2.C11H13F3N2.C8H6F3NO2.C6H4ClNO.C6H15N.C4H9N.CH2Cl2.CH4O.ClH/c18-17(19,20)13-3-4-15(23-9-1-2-10-23)14(11-13)22-16(24)12-5-7-21-8-6-12;12-11(13,14)8-3-4-9(10(7-8)16(17)18)15-5-1-2-6-15;12-11(13,14)8-3-4-10(9(15)7-8)16-5-1-2-6-16;1-5-2-3-6(8(9,10)11)4-7(5)12(13)14;7-6(9)5-1-3-8-4-2-5;1-4-7(5-2)6-3;1-2-4-5-3-1;2-1-3;1-2;/h3-8,11H,1-2,9-10H2,(H,22,24);3-4,7H,1-2,5-6H2;3-4,7H,1-2,5-6,15H2;2-4H,1H3;1-4H;4-6H2,1-3H3;5H,1-4H2;1H2;2H,1H3;1H. The van der Waals surface area contributed by atoms with Gasteiger partial charge in [-0.05, 0) is 181 Å². The molecule has 4 saturated heterocycles. The Bertz CT molecular complexity index is 3330. The van der Waals surface area contributed by atoms with E-state index in [1.165, 1.54) is 108 Å². The second-order valence-corrected chi connectivity index (χ2v) is 22.3. The van der Waals surface area contributed by atoms with Crippen LogP contribution < -0.4 is 31.1 Å². The number of hydrogen-bond acceptors (Lipinski definition) is 15. The number of nitrogens with one attached hydrogen (secondary N) is 2. The van der Waals surface area contributed by atoms with E-state index in [2.05, 4.69) is 46.3 Å². The highest BCUT2D eigenvalue weighted by Crippen LogP contribution is 2.40. The van der Waals surface area contributed by atoms with Crippen LogP contribution in [0.25, 0.3) is 0 Å². The molecule has 0 bridgehead atoms. The third kappa shape index (κ3) is 32.2. The van der Waals surface area contributed by atoms with Crippen LogP contribution in [0.15, 0.2) is 122 Å². The van der Waals surface area contributed by atoms with E-state index in [4.69, 9.17) is 45.6 Å². The minimum Gasteiger partial charge on any atom is -0.400 e. The fourth-order valence-corrected chi connectivity index (χ4v) is 9.68. The number of nitro groups is 2. The Morgan fingerprint density at radius 2 is 0.879 bits per heavy atom. The third-order valence-corrected chi connectivity index (χ3v) is 14.9. The van der Waals surface area contributed by atoms with Crippen LogP contribution in [-0.4, -0.2) is 125 Å². The Morgan fingerprint density at radius 1 is 0.545 bits per heavy atom. The Kier molecular flexibility index (Phi) is 41.0. The number of carbonyl (C=O) groups excluding carboxylic acids is 2. The van der Waals surface area contributed by atoms with Gasteiger partial charge in [0.1, 0.15) is 5.69 Å². The molecule has 2 aromatic heterocycles. The molecule has 0 atom stereocenters. The maximum atomic E-state index is 13.0. The van der Waals surface area contributed by atoms with Crippen LogP contribution in [-0.2, 0) is 24.7 Å². The lowest BCUT2D eigenvalue weighted by atomic mass is 10.1. The summed E-state index contributed by atoms with van der Waals surface area (Å²) in [5.41, 5.74) is 4.21. The van der Waals surface area contributed by atoms with Crippen molar-refractivity contribution >= 4 is 98.2 Å². The van der Waals surface area contributed by atoms with Crippen molar-refractivity contribution in [1.82, 2.24) is 20.2 Å². The number of alkyl halides is 14. The first-order chi connectivity index (χ1) is 46.2. The Labute approximate surface area is 587 Å². The van der Waals surface area contributed by atoms with Gasteiger partial charge in [0.05, 0.1) is 60.2 Å². The lowest BCUT2D eigenvalue weighted by molar-refractivity contribution is -0.385. The average molecular weight is 1500 g/mol. The summed E-state index contributed by atoms with van der Waals surface area (Å²) in [4.78, 5) is 58.0. The number of hydrogen-bond donors (Lipinski definition) is 4. The van der Waals surface area contributed by atoms with Gasteiger partial charge in [0.25, 0.3) is 22.5 Å². The van der Waals surface area contributed by atoms with E-state index in [0.717, 1.165) is 114 Å². The smallest absolute Gasteiger partial charge is 0.400 e. The van der Waals surface area contributed by atoms with Crippen molar-refractivity contribution < 1.29 is 77.2 Å². The van der Waals surface area contributed by atoms with Crippen molar-refractivity contribution in [2.24, 2.45) is 0 Å². The molecule has 0 spiro atoms. The summed E-state index contributed by atoms with van der Waals surface area (Å²) in [5, 5.41) is 33.8. The first kappa shape index (κ1) is 89.5. The average Bonchev–Trinajstić information content (AvgIpc) is 1.76. The van der Waals surface area contributed by atoms with Gasteiger partial charge in [-0.15, -0.1) is 35.6 Å². The zero-order valence-corrected chi connectivity index (χ0v) is 57.9. The van der Waals surface area contributed by atoms with Crippen molar-refractivity contribution in [3.05, 3.63) is 181 Å². The number of nitrogen functional groups attached to an aromatic ring is 1. The maximum Gasteiger partial charge on any atom is 0.416 e. The van der Waals surface area contributed by atoms with Gasteiger partial charge in [-0.2, -0.15) is 52.7 Å². The summed E-state index contributed by atoms with van der Waals surface area (Å²) in [7, 11) is 1.00. The van der Waals surface area contributed by atoms with E-state index >= 15 is 0 Å². The topological polar surface area (TPSA) is 229 Å². The highest BCUT2D eigenvalue weighted by molar-refractivity contribution is 6.67. The molecule has 34 heteroatoms. The first-order valence-electron chi connectivity index (χ1n) is 30.6. The Morgan fingerprint density at radius 3 is 1.21 bits per heavy atom. The van der Waals surface area contributed by atoms with E-state index < -0.39 is 79.3 Å². The molecule has 4 aliphatic rings. The van der Waals surface area contributed by atoms with Crippen LogP contribution in [0.4, 0.5) is 92.5 Å². The molecular formula is C65H81Cl4F12N11O7. The predicted octanol–water partition coefficient (Wildman–Crippen LogP) is 17.6. The summed E-state index contributed by atoms with van der Waals surface area (Å²) in [6.07, 6.45) is -3.23. The molecule has 0 radical (unpaired) electrons. The molecule has 4 fully saturated rings. The van der Waals surface area contributed by atoms with Crippen LogP contribution in [0, 0.1) is 27.2 Å². The monoisotopic (exact) mass is 1500 g/mol. The van der Waals surface area contributed by atoms with Crippen LogP contribution in [0.1, 0.15) is 121 Å². The van der Waals surface area contributed by atoms with Crippen molar-refractivity contribution in [3.63, 3.8) is 0 Å². The number of aliphatic hydroxyl groups is 1. The molecule has 10 rings (SSSR count). The molecular weight excluding hydrogens is 1420 g/mol. The number of aryl methyl sites for hydroxylation is 1. The van der Waals surface area contributed by atoms with Gasteiger partial charge in [0.2, 0.25) is 0 Å². The molecule has 4 aromatic carbocycles. The number of nitrogens with two attached hydrogens (primary N) is 1. The quantitative estimate of drug-likeness (QED) is 0.0236. The van der Waals surface area contributed by atoms with E-state index in [9.17, 15) is 82.5 Å². The fraction of sp³-hybridized carbons (Fsp3) is 0.446. The number of aromatic nitrogens is 2. The number of rotatable bonds is 11. The van der Waals surface area contributed by atoms with Crippen molar-refractivity contribution in [3.8, 4) is 0 Å². The first-order valence-corrected chi connectivity index (χ1v) is 32.1. The number of benzene rings is 4. The number of nitro benzene ring substituents is 2. The molecule has 5 N–H and O–H groups in total. The van der Waals surface area contributed by atoms with Gasteiger partial charge in [0.15, 0.2) is 0 Å². The second kappa shape index (κ2) is 45.3. The molecule has 0 aliphatic carbocycles. The molecule has 18 nitrogen and oxygen atoms in total. The number of aliphatic hydroxyl groups excluding tert-OH is 1. The third-order valence-electron chi connectivity index (χ3n) is 14.6. The zero-order valence-electron chi connectivity index (χ0n) is 54.8. The van der Waals surface area contributed by atoms with Gasteiger partial charge in [-0.1, -0.05) is 26.8 Å². The molecule has 1 amide bonds. The maximum absolute atomic E-state index is 13.0. The van der Waals surface area contributed by atoms with Crippen molar-refractivity contribution in [2.45, 2.75) is 104 Å². The zero-order chi connectivity index (χ0) is 73.8. The fourth-order valence-electron chi connectivity index (χ4n) is 9.55. The van der Waals surface area contributed by atoms with E-state index in [1.807, 2.05) is 9.80 Å². The van der Waals surface area contributed by atoms with Crippen molar-refractivity contribution in [2.75, 3.05) is 110 Å². The summed E-state index contributed by atoms with van der Waals surface area (Å²) in [6.45, 7) is 18.6. The van der Waals surface area contributed by atoms with Crippen LogP contribution >= 0.6 is 47.2 Å². The van der Waals surface area contributed by atoms with Gasteiger partial charge in [0, 0.05) is 100.0 Å². The van der Waals surface area contributed by atoms with E-state index in [1.54, 1.807) is 17.0 Å². The largest absolute Gasteiger partial charge is 0.416 e. The predicted molar refractivity (Wildman–Crippen MR) is 367 cm³/mol. The van der Waals surface area contributed by atoms with Crippen LogP contribution in [0.3, 0.4) is 0 Å². The summed E-state index contributed by atoms with van der Waals surface area (Å²) >= 11 is 14.7. The number of anilines is 5. The Hall–Kier alpha value is -7.48. The van der Waals surface area contributed by atoms with Crippen LogP contribution in [0.5, 0.6) is 0 Å². The number of halogens is 16. The Balaban J connectivity index is 0.000000594. The minimum absolute atomic E-state index is 0. The molecule has 99 heavy (non-hydrogen) atoms. The van der Waals surface area contributed by atoms with Gasteiger partial charge >= 0.3 is 24.7 Å². The SMILES string of the molecule is C1CCNC1.CCN(CC)CC.CO.Cc1ccc(C(F)(F)F)cc1[N+](=O)[O-].Cl.ClCCl.Nc1cc(C(F)(F)F)ccc1N1CCCC1.O=C(Cl)c1ccncc1.O=C(Nc1cc(C(F)(F)F)ccc1N1CCCC1)c1ccncc1.O=[N+]([O-])c1cc(C(F)(F)F)ccc1N1CCCC1. The van der Waals surface area contributed by atoms with E-state index in [-0.39, 0.29) is 40.4 Å². The summed E-state index contributed by atoms with van der Waals surface area (Å²) in [6, 6.07) is 18.3. The number of amides is 1. The summed E-state index contributed by atoms with van der Waals surface area (Å²) < 4.78 is 150. The lowest BCUT2D eigenvalue weighted by Gasteiger charge is -2.23. The molecule has 0 unspecified atom stereocenters. The molecule has 550 valence electrons. The highest BCUT2D eigenvalue weighted by atomic mass is 35.5. The molecule has 6 aromatic rings. The van der Waals surface area contributed by atoms with Crippen molar-refractivity contribution in [1.29, 1.82) is 0 Å². The van der Waals surface area contributed by atoms with Gasteiger partial charge in [-0.3, -0.25) is 39.8 Å². The lowest BCUT2D eigenvalue weighted by Crippen LogP contribution is -2.22. The summed E-state index contributed by atoms with van der Waals surface area (Å²) in [5.74, 6) is -0.461. The second-order valence-electron chi connectivity index (χ2n) is 21.2. The number of pyridine rings is 2. The van der Waals surface area contributed by atoms with Gasteiger partial charge < -0.3 is 41.1 Å². The number of nitrogens with zero attached hydrogens (tertiary/aromatic N) is 8. The number of carbonyl (C=O) groups is 2. The van der Waals surface area contributed by atoms with E-state index in [0.29, 0.717) is 47.7 Å². The van der Waals surface area contributed by atoms with Gasteiger partial charge in [-0.25, -0.2) is 0 Å². The van der Waals surface area contributed by atoms with Crippen LogP contribution in [0.2, 0.25) is 0 Å². The highest BCUT2D eigenvalue weighted by Gasteiger charge is 2.36. The minimum atomic E-state index is -4.56. The molecule has 6 heterocycles.